The van der Waals surface area contributed by atoms with Crippen LogP contribution in [0.1, 0.15) is 22.3 Å². The Bertz CT molecular complexity index is 548. The summed E-state index contributed by atoms with van der Waals surface area (Å²) in [7, 11) is 0. The van der Waals surface area contributed by atoms with Crippen LogP contribution in [0.5, 0.6) is 0 Å². The minimum absolute atomic E-state index is 0.0214. The molecule has 1 heterocycles. The minimum Gasteiger partial charge on any atom is -0.480 e. The number of nitrogens with zero attached hydrogens (tertiary/aromatic N) is 2. The fraction of sp³-hybridized carbons (Fsp3) is 0.467. The van der Waals surface area contributed by atoms with Crippen LogP contribution in [0, 0.1) is 6.92 Å². The van der Waals surface area contributed by atoms with E-state index >= 15 is 0 Å². The Labute approximate surface area is 129 Å². The summed E-state index contributed by atoms with van der Waals surface area (Å²) in [6.07, 6.45) is 0.783. The van der Waals surface area contributed by atoms with Crippen LogP contribution in [-0.2, 0) is 4.79 Å². The van der Waals surface area contributed by atoms with Crippen LogP contribution >= 0.6 is 11.6 Å². The third-order valence-electron chi connectivity index (χ3n) is 3.64. The smallest absolute Gasteiger partial charge is 0.317 e. The van der Waals surface area contributed by atoms with Crippen LogP contribution in [-0.4, -0.2) is 59.5 Å². The first-order chi connectivity index (χ1) is 9.97. The van der Waals surface area contributed by atoms with Crippen molar-refractivity contribution in [3.63, 3.8) is 0 Å². The van der Waals surface area contributed by atoms with Crippen LogP contribution in [0.2, 0.25) is 5.02 Å². The van der Waals surface area contributed by atoms with Gasteiger partial charge in [0.15, 0.2) is 0 Å². The molecule has 1 fully saturated rings. The van der Waals surface area contributed by atoms with E-state index in [1.165, 1.54) is 0 Å². The van der Waals surface area contributed by atoms with Crippen molar-refractivity contribution >= 4 is 23.5 Å². The van der Waals surface area contributed by atoms with Crippen molar-refractivity contribution in [3.05, 3.63) is 34.3 Å². The first kappa shape index (κ1) is 15.8. The maximum atomic E-state index is 12.5. The number of carbonyl (C=O) groups is 2. The molecule has 0 radical (unpaired) electrons. The summed E-state index contributed by atoms with van der Waals surface area (Å²) >= 11 is 5.98. The Hall–Kier alpha value is -1.59. The second kappa shape index (κ2) is 6.91. The summed E-state index contributed by atoms with van der Waals surface area (Å²) in [6, 6.07) is 5.26. The first-order valence-electron chi connectivity index (χ1n) is 6.97. The molecule has 0 spiro atoms. The number of benzene rings is 1. The molecular formula is C15H19ClN2O3. The van der Waals surface area contributed by atoms with Crippen molar-refractivity contribution in [2.45, 2.75) is 13.3 Å². The van der Waals surface area contributed by atoms with Gasteiger partial charge in [-0.2, -0.15) is 0 Å². The molecule has 1 N–H and O–H groups in total. The number of hydrogen-bond acceptors (Lipinski definition) is 3. The Morgan fingerprint density at radius 3 is 2.67 bits per heavy atom. The van der Waals surface area contributed by atoms with Gasteiger partial charge in [0.05, 0.1) is 6.54 Å². The third kappa shape index (κ3) is 4.19. The highest BCUT2D eigenvalue weighted by molar-refractivity contribution is 6.31. The Morgan fingerprint density at radius 1 is 1.24 bits per heavy atom. The van der Waals surface area contributed by atoms with Crippen LogP contribution in [0.15, 0.2) is 18.2 Å². The van der Waals surface area contributed by atoms with E-state index in [0.717, 1.165) is 12.0 Å². The van der Waals surface area contributed by atoms with E-state index in [1.54, 1.807) is 23.1 Å². The standard InChI is InChI=1S/C15H19ClN2O3/c1-11-9-12(3-4-13(11)16)15(21)18-6-2-5-17(7-8-18)10-14(19)20/h3-4,9H,2,5-8,10H2,1H3,(H,19,20). The second-order valence-electron chi connectivity index (χ2n) is 5.28. The monoisotopic (exact) mass is 310 g/mol. The van der Waals surface area contributed by atoms with Crippen molar-refractivity contribution in [2.24, 2.45) is 0 Å². The van der Waals surface area contributed by atoms with Crippen LogP contribution < -0.4 is 0 Å². The number of amides is 1. The largest absolute Gasteiger partial charge is 0.480 e. The quantitative estimate of drug-likeness (QED) is 0.926. The van der Waals surface area contributed by atoms with Gasteiger partial charge in [0.2, 0.25) is 0 Å². The van der Waals surface area contributed by atoms with Gasteiger partial charge < -0.3 is 10.0 Å². The predicted octanol–water partition coefficient (Wildman–Crippen LogP) is 1.88. The summed E-state index contributed by atoms with van der Waals surface area (Å²) in [6.45, 7) is 4.39. The third-order valence-corrected chi connectivity index (χ3v) is 4.06. The lowest BCUT2D eigenvalue weighted by molar-refractivity contribution is -0.138. The van der Waals surface area contributed by atoms with Gasteiger partial charge in [-0.1, -0.05) is 11.6 Å². The molecule has 0 saturated carbocycles. The molecule has 1 amide bonds. The lowest BCUT2D eigenvalue weighted by Gasteiger charge is -2.21. The van der Waals surface area contributed by atoms with Gasteiger partial charge >= 0.3 is 5.97 Å². The molecule has 1 aliphatic heterocycles. The zero-order chi connectivity index (χ0) is 15.4. The minimum atomic E-state index is -0.830. The van der Waals surface area contributed by atoms with Crippen molar-refractivity contribution < 1.29 is 14.7 Å². The highest BCUT2D eigenvalue weighted by atomic mass is 35.5. The van der Waals surface area contributed by atoms with Crippen molar-refractivity contribution in [1.82, 2.24) is 9.80 Å². The van der Waals surface area contributed by atoms with Crippen LogP contribution in [0.4, 0.5) is 0 Å². The highest BCUT2D eigenvalue weighted by Crippen LogP contribution is 2.18. The Morgan fingerprint density at radius 2 is 2.00 bits per heavy atom. The summed E-state index contributed by atoms with van der Waals surface area (Å²) in [5.74, 6) is -0.852. The topological polar surface area (TPSA) is 60.9 Å². The lowest BCUT2D eigenvalue weighted by Crippen LogP contribution is -2.36. The number of carboxylic acid groups (broad SMARTS) is 1. The number of carboxylic acids is 1. The summed E-state index contributed by atoms with van der Waals surface area (Å²) < 4.78 is 0. The number of hydrogen-bond donors (Lipinski definition) is 1. The molecule has 0 bridgehead atoms. The fourth-order valence-corrected chi connectivity index (χ4v) is 2.60. The molecule has 114 valence electrons. The molecule has 2 rings (SSSR count). The van der Waals surface area contributed by atoms with E-state index < -0.39 is 5.97 Å². The van der Waals surface area contributed by atoms with Gasteiger partial charge in [-0.05, 0) is 37.1 Å². The first-order valence-corrected chi connectivity index (χ1v) is 7.35. The molecule has 0 unspecified atom stereocenters. The predicted molar refractivity (Wildman–Crippen MR) is 80.8 cm³/mol. The van der Waals surface area contributed by atoms with Crippen LogP contribution in [0.3, 0.4) is 0 Å². The molecule has 5 nitrogen and oxygen atoms in total. The van der Waals surface area contributed by atoms with E-state index in [-0.39, 0.29) is 12.5 Å². The SMILES string of the molecule is Cc1cc(C(=O)N2CCCN(CC(=O)O)CC2)ccc1Cl. The number of aryl methyl sites for hydroxylation is 1. The average Bonchev–Trinajstić information content (AvgIpc) is 2.66. The summed E-state index contributed by atoms with van der Waals surface area (Å²) in [5.41, 5.74) is 1.51. The van der Waals surface area contributed by atoms with Crippen molar-refractivity contribution in [1.29, 1.82) is 0 Å². The molecular weight excluding hydrogens is 292 g/mol. The van der Waals surface area contributed by atoms with Gasteiger partial charge in [-0.25, -0.2) is 0 Å². The van der Waals surface area contributed by atoms with E-state index in [2.05, 4.69) is 0 Å². The van der Waals surface area contributed by atoms with Crippen LogP contribution in [0.25, 0.3) is 0 Å². The summed E-state index contributed by atoms with van der Waals surface area (Å²) in [4.78, 5) is 26.9. The van der Waals surface area contributed by atoms with Gasteiger partial charge in [0.25, 0.3) is 5.91 Å². The Kier molecular flexibility index (Phi) is 5.20. The average molecular weight is 311 g/mol. The number of rotatable bonds is 3. The Balaban J connectivity index is 2.02. The highest BCUT2D eigenvalue weighted by Gasteiger charge is 2.21. The van der Waals surface area contributed by atoms with Gasteiger partial charge in [0.1, 0.15) is 0 Å². The van der Waals surface area contributed by atoms with Gasteiger partial charge in [-0.3, -0.25) is 14.5 Å². The molecule has 21 heavy (non-hydrogen) atoms. The van der Waals surface area contributed by atoms with Gasteiger partial charge in [0, 0.05) is 36.8 Å². The van der Waals surface area contributed by atoms with E-state index in [1.807, 2.05) is 11.8 Å². The van der Waals surface area contributed by atoms with E-state index in [9.17, 15) is 9.59 Å². The molecule has 0 atom stereocenters. The number of carbonyl (C=O) groups excluding carboxylic acids is 1. The van der Waals surface area contributed by atoms with E-state index in [4.69, 9.17) is 16.7 Å². The molecule has 1 aromatic carbocycles. The van der Waals surface area contributed by atoms with Crippen molar-refractivity contribution in [3.8, 4) is 0 Å². The van der Waals surface area contributed by atoms with E-state index in [0.29, 0.717) is 36.8 Å². The lowest BCUT2D eigenvalue weighted by atomic mass is 10.1. The molecule has 1 aromatic rings. The molecule has 1 aliphatic rings. The zero-order valence-corrected chi connectivity index (χ0v) is 12.8. The normalized spacial score (nSPS) is 16.6. The maximum absolute atomic E-state index is 12.5. The maximum Gasteiger partial charge on any atom is 0.317 e. The second-order valence-corrected chi connectivity index (χ2v) is 5.69. The zero-order valence-electron chi connectivity index (χ0n) is 12.0. The molecule has 1 saturated heterocycles. The summed E-state index contributed by atoms with van der Waals surface area (Å²) in [5, 5.41) is 9.48. The fourth-order valence-electron chi connectivity index (χ4n) is 2.48. The molecule has 6 heteroatoms. The number of aliphatic carboxylic acids is 1. The number of halogens is 1. The molecule has 0 aromatic heterocycles. The molecule has 0 aliphatic carbocycles. The van der Waals surface area contributed by atoms with Crippen molar-refractivity contribution in [2.75, 3.05) is 32.7 Å². The van der Waals surface area contributed by atoms with Gasteiger partial charge in [-0.15, -0.1) is 0 Å².